The molecule has 2 atom stereocenters. The predicted molar refractivity (Wildman–Crippen MR) is 86.2 cm³/mol. The zero-order chi connectivity index (χ0) is 15.3. The van der Waals surface area contributed by atoms with Crippen LogP contribution >= 0.6 is 0 Å². The van der Waals surface area contributed by atoms with Gasteiger partial charge in [0.25, 0.3) is 0 Å². The second-order valence-electron chi connectivity index (χ2n) is 6.69. The molecular formula is C17H18N6. The van der Waals surface area contributed by atoms with E-state index in [0.717, 1.165) is 12.4 Å². The molecule has 116 valence electrons. The summed E-state index contributed by atoms with van der Waals surface area (Å²) < 4.78 is 1.46. The second kappa shape index (κ2) is 4.75. The Kier molecular flexibility index (Phi) is 2.68. The van der Waals surface area contributed by atoms with E-state index >= 15 is 0 Å². The third kappa shape index (κ3) is 2.01. The molecule has 1 spiro atoms. The number of benzene rings is 1. The largest absolute Gasteiger partial charge is 0.368 e. The molecule has 1 saturated carbocycles. The molecule has 0 unspecified atom stereocenters. The van der Waals surface area contributed by atoms with Gasteiger partial charge in [0.15, 0.2) is 5.65 Å². The lowest BCUT2D eigenvalue weighted by atomic mass is 9.78. The predicted octanol–water partition coefficient (Wildman–Crippen LogP) is 2.23. The molecule has 2 heterocycles. The number of nitrogens with zero attached hydrogens (tertiary/aromatic N) is 5. The number of rotatable bonds is 3. The number of tetrazole rings is 1. The van der Waals surface area contributed by atoms with E-state index in [2.05, 4.69) is 50.2 Å². The molecular weight excluding hydrogens is 288 g/mol. The van der Waals surface area contributed by atoms with Crippen molar-refractivity contribution in [2.75, 3.05) is 11.9 Å². The lowest BCUT2D eigenvalue weighted by Crippen LogP contribution is -2.21. The Morgan fingerprint density at radius 2 is 2.17 bits per heavy atom. The molecule has 2 aromatic heterocycles. The van der Waals surface area contributed by atoms with Crippen molar-refractivity contribution in [2.24, 2.45) is 5.92 Å². The molecule has 0 radical (unpaired) electrons. The van der Waals surface area contributed by atoms with Gasteiger partial charge in [0.2, 0.25) is 0 Å². The number of aromatic nitrogens is 5. The van der Waals surface area contributed by atoms with Crippen LogP contribution in [-0.2, 0) is 11.8 Å². The Morgan fingerprint density at radius 3 is 3.17 bits per heavy atom. The van der Waals surface area contributed by atoms with Gasteiger partial charge in [-0.3, -0.25) is 0 Å². The third-order valence-corrected chi connectivity index (χ3v) is 5.45. The van der Waals surface area contributed by atoms with Crippen LogP contribution in [0.1, 0.15) is 30.4 Å². The van der Waals surface area contributed by atoms with Crippen molar-refractivity contribution < 1.29 is 0 Å². The van der Waals surface area contributed by atoms with Crippen molar-refractivity contribution in [3.8, 4) is 0 Å². The summed E-state index contributed by atoms with van der Waals surface area (Å²) in [6.45, 7) is 0.953. The highest BCUT2D eigenvalue weighted by molar-refractivity contribution is 5.45. The van der Waals surface area contributed by atoms with Crippen molar-refractivity contribution in [3.63, 3.8) is 0 Å². The second-order valence-corrected chi connectivity index (χ2v) is 6.69. The lowest BCUT2D eigenvalue weighted by Gasteiger charge is -2.26. The van der Waals surface area contributed by atoms with Crippen LogP contribution in [-0.4, -0.2) is 31.8 Å². The SMILES string of the molecule is c1ccc2c(c1)CCC[C@@]21C[C@@H]1CNc1ccc2nnnn2n1. The number of aryl methyl sites for hydroxylation is 1. The van der Waals surface area contributed by atoms with Crippen LogP contribution in [0.15, 0.2) is 36.4 Å². The summed E-state index contributed by atoms with van der Waals surface area (Å²) in [4.78, 5) is 0. The molecule has 1 aromatic carbocycles. The molecule has 0 aliphatic heterocycles. The minimum atomic E-state index is 0.404. The fourth-order valence-corrected chi connectivity index (χ4v) is 4.21. The topological polar surface area (TPSA) is 68.0 Å². The molecule has 23 heavy (non-hydrogen) atoms. The van der Waals surface area contributed by atoms with E-state index in [1.54, 1.807) is 11.1 Å². The summed E-state index contributed by atoms with van der Waals surface area (Å²) in [6, 6.07) is 12.8. The van der Waals surface area contributed by atoms with Crippen molar-refractivity contribution in [1.82, 2.24) is 25.3 Å². The smallest absolute Gasteiger partial charge is 0.200 e. The van der Waals surface area contributed by atoms with Gasteiger partial charge in [0.1, 0.15) is 5.82 Å². The van der Waals surface area contributed by atoms with Gasteiger partial charge in [-0.2, -0.15) is 0 Å². The van der Waals surface area contributed by atoms with E-state index in [-0.39, 0.29) is 0 Å². The first kappa shape index (κ1) is 13.0. The van der Waals surface area contributed by atoms with Crippen LogP contribution in [0, 0.1) is 5.92 Å². The van der Waals surface area contributed by atoms with Crippen molar-refractivity contribution in [1.29, 1.82) is 0 Å². The Balaban J connectivity index is 1.34. The summed E-state index contributed by atoms with van der Waals surface area (Å²) in [6.07, 6.45) is 5.14. The number of hydrogen-bond acceptors (Lipinski definition) is 5. The van der Waals surface area contributed by atoms with Gasteiger partial charge >= 0.3 is 0 Å². The van der Waals surface area contributed by atoms with E-state index in [1.165, 1.54) is 30.3 Å². The Hall–Kier alpha value is -2.50. The molecule has 1 N–H and O–H groups in total. The van der Waals surface area contributed by atoms with Gasteiger partial charge in [-0.25, -0.2) is 0 Å². The molecule has 2 aliphatic carbocycles. The molecule has 1 fully saturated rings. The lowest BCUT2D eigenvalue weighted by molar-refractivity contribution is 0.503. The first-order chi connectivity index (χ1) is 11.4. The van der Waals surface area contributed by atoms with Crippen LogP contribution in [0.25, 0.3) is 5.65 Å². The molecule has 6 heteroatoms. The molecule has 6 nitrogen and oxygen atoms in total. The summed E-state index contributed by atoms with van der Waals surface area (Å²) in [5.74, 6) is 1.52. The van der Waals surface area contributed by atoms with Crippen LogP contribution in [0.4, 0.5) is 5.82 Å². The van der Waals surface area contributed by atoms with Gasteiger partial charge in [-0.05, 0) is 65.3 Å². The highest BCUT2D eigenvalue weighted by Gasteiger charge is 2.55. The van der Waals surface area contributed by atoms with Crippen LogP contribution in [0.2, 0.25) is 0 Å². The Bertz CT molecular complexity index is 872. The monoisotopic (exact) mass is 306 g/mol. The average molecular weight is 306 g/mol. The minimum Gasteiger partial charge on any atom is -0.368 e. The summed E-state index contributed by atoms with van der Waals surface area (Å²) in [5.41, 5.74) is 4.21. The van der Waals surface area contributed by atoms with Crippen molar-refractivity contribution >= 4 is 11.5 Å². The number of fused-ring (bicyclic) bond motifs is 3. The summed E-state index contributed by atoms with van der Waals surface area (Å²) in [5, 5.41) is 19.2. The minimum absolute atomic E-state index is 0.404. The van der Waals surface area contributed by atoms with Gasteiger partial charge in [-0.15, -0.1) is 14.8 Å². The van der Waals surface area contributed by atoms with Gasteiger partial charge in [0, 0.05) is 12.0 Å². The Morgan fingerprint density at radius 1 is 1.22 bits per heavy atom. The van der Waals surface area contributed by atoms with Crippen molar-refractivity contribution in [3.05, 3.63) is 47.5 Å². The molecule has 2 aliphatic rings. The molecule has 5 rings (SSSR count). The van der Waals surface area contributed by atoms with E-state index in [1.807, 2.05) is 12.1 Å². The average Bonchev–Trinajstić information content (AvgIpc) is 3.06. The maximum Gasteiger partial charge on any atom is 0.200 e. The van der Waals surface area contributed by atoms with E-state index in [0.29, 0.717) is 17.0 Å². The molecule has 0 saturated heterocycles. The zero-order valence-corrected chi connectivity index (χ0v) is 12.8. The normalized spacial score (nSPS) is 25.5. The number of nitrogens with one attached hydrogen (secondary N) is 1. The fraction of sp³-hybridized carbons (Fsp3) is 0.412. The zero-order valence-electron chi connectivity index (χ0n) is 12.8. The van der Waals surface area contributed by atoms with Crippen LogP contribution in [0.3, 0.4) is 0 Å². The standard InChI is InChI=1S/C17H18N6/c1-2-6-14-12(4-1)5-3-9-17(14)10-13(17)11-18-15-7-8-16-19-21-22-23(16)20-15/h1-2,4,6-8,13H,3,5,9-11H2,(H,18,20)/t13-,17+/m1/s1. The van der Waals surface area contributed by atoms with E-state index < -0.39 is 0 Å². The van der Waals surface area contributed by atoms with Gasteiger partial charge in [0.05, 0.1) is 0 Å². The first-order valence-corrected chi connectivity index (χ1v) is 8.23. The van der Waals surface area contributed by atoms with Gasteiger partial charge < -0.3 is 5.32 Å². The maximum atomic E-state index is 4.38. The molecule has 0 amide bonds. The quantitative estimate of drug-likeness (QED) is 0.803. The van der Waals surface area contributed by atoms with Gasteiger partial charge in [-0.1, -0.05) is 24.3 Å². The maximum absolute atomic E-state index is 4.38. The molecule has 0 bridgehead atoms. The number of hydrogen-bond donors (Lipinski definition) is 1. The Labute approximate surface area is 133 Å². The van der Waals surface area contributed by atoms with Crippen LogP contribution in [0.5, 0.6) is 0 Å². The highest BCUT2D eigenvalue weighted by Crippen LogP contribution is 2.60. The van der Waals surface area contributed by atoms with Crippen LogP contribution < -0.4 is 5.32 Å². The first-order valence-electron chi connectivity index (χ1n) is 8.23. The fourth-order valence-electron chi connectivity index (χ4n) is 4.21. The van der Waals surface area contributed by atoms with E-state index in [9.17, 15) is 0 Å². The highest BCUT2D eigenvalue weighted by atomic mass is 15.6. The summed E-state index contributed by atoms with van der Waals surface area (Å²) in [7, 11) is 0. The van der Waals surface area contributed by atoms with E-state index in [4.69, 9.17) is 0 Å². The molecule has 3 aromatic rings. The number of anilines is 1. The summed E-state index contributed by atoms with van der Waals surface area (Å²) >= 11 is 0. The third-order valence-electron chi connectivity index (χ3n) is 5.45. The van der Waals surface area contributed by atoms with Crippen molar-refractivity contribution in [2.45, 2.75) is 31.1 Å².